The van der Waals surface area contributed by atoms with Crippen LogP contribution in [0, 0.1) is 0 Å². The minimum Gasteiger partial charge on any atom is -0.342 e. The van der Waals surface area contributed by atoms with Gasteiger partial charge in [-0.1, -0.05) is 36.4 Å². The molecule has 0 spiro atoms. The molecule has 1 aromatic heterocycles. The van der Waals surface area contributed by atoms with Gasteiger partial charge in [-0.25, -0.2) is 4.98 Å². The number of aromatic nitrogens is 2. The smallest absolute Gasteiger partial charge is 0.107 e. The van der Waals surface area contributed by atoms with Gasteiger partial charge in [0.2, 0.25) is 0 Å². The first-order valence-corrected chi connectivity index (χ1v) is 6.64. The van der Waals surface area contributed by atoms with Crippen LogP contribution in [0.25, 0.3) is 22.0 Å². The van der Waals surface area contributed by atoms with E-state index in [1.54, 1.807) is 0 Å². The molecule has 1 heterocycles. The van der Waals surface area contributed by atoms with Gasteiger partial charge >= 0.3 is 0 Å². The highest BCUT2D eigenvalue weighted by Crippen LogP contribution is 2.23. The summed E-state index contributed by atoms with van der Waals surface area (Å²) in [5, 5.41) is 2.51. The van der Waals surface area contributed by atoms with Gasteiger partial charge < -0.3 is 4.98 Å². The van der Waals surface area contributed by atoms with Crippen molar-refractivity contribution in [3.63, 3.8) is 0 Å². The van der Waals surface area contributed by atoms with Crippen molar-refractivity contribution in [2.75, 3.05) is 5.75 Å². The fourth-order valence-corrected chi connectivity index (χ4v) is 2.31. The van der Waals surface area contributed by atoms with E-state index in [4.69, 9.17) is 0 Å². The summed E-state index contributed by atoms with van der Waals surface area (Å²) in [4.78, 5) is 7.69. The van der Waals surface area contributed by atoms with Crippen molar-refractivity contribution in [1.29, 1.82) is 0 Å². The predicted molar refractivity (Wildman–Crippen MR) is 79.1 cm³/mol. The van der Waals surface area contributed by atoms with Gasteiger partial charge in [-0.15, -0.1) is 0 Å². The monoisotopic (exact) mass is 254 g/mol. The van der Waals surface area contributed by atoms with E-state index in [2.05, 4.69) is 65.1 Å². The summed E-state index contributed by atoms with van der Waals surface area (Å²) in [6, 6.07) is 14.8. The summed E-state index contributed by atoms with van der Waals surface area (Å²) in [6.07, 6.45) is 2.76. The second kappa shape index (κ2) is 4.86. The summed E-state index contributed by atoms with van der Waals surface area (Å²) in [7, 11) is 0. The molecule has 0 aliphatic carbocycles. The van der Waals surface area contributed by atoms with Crippen molar-refractivity contribution in [3.05, 3.63) is 54.5 Å². The van der Waals surface area contributed by atoms with E-state index >= 15 is 0 Å². The highest BCUT2D eigenvalue weighted by Gasteiger charge is 2.03. The van der Waals surface area contributed by atoms with E-state index in [9.17, 15) is 0 Å². The van der Waals surface area contributed by atoms with Crippen molar-refractivity contribution in [1.82, 2.24) is 9.97 Å². The Balaban J connectivity index is 2.02. The van der Waals surface area contributed by atoms with Crippen LogP contribution in [0.1, 0.15) is 5.82 Å². The van der Waals surface area contributed by atoms with Crippen molar-refractivity contribution in [2.24, 2.45) is 0 Å². The number of nitrogens with one attached hydrogen (secondary N) is 1. The van der Waals surface area contributed by atoms with E-state index in [1.807, 2.05) is 6.20 Å². The number of aryl methyl sites for hydroxylation is 1. The molecule has 0 atom stereocenters. The lowest BCUT2D eigenvalue weighted by Gasteiger charge is -2.01. The van der Waals surface area contributed by atoms with Crippen LogP contribution in [-0.4, -0.2) is 15.7 Å². The van der Waals surface area contributed by atoms with Crippen LogP contribution < -0.4 is 0 Å². The van der Waals surface area contributed by atoms with Crippen molar-refractivity contribution >= 4 is 23.4 Å². The van der Waals surface area contributed by atoms with Gasteiger partial charge in [0.05, 0.1) is 11.9 Å². The Kier molecular flexibility index (Phi) is 3.07. The molecule has 18 heavy (non-hydrogen) atoms. The second-order valence-corrected chi connectivity index (χ2v) is 4.73. The topological polar surface area (TPSA) is 28.7 Å². The fraction of sp³-hybridized carbons (Fsp3) is 0.133. The zero-order valence-electron chi connectivity index (χ0n) is 9.93. The predicted octanol–water partition coefficient (Wildman–Crippen LogP) is 3.70. The number of fused-ring (bicyclic) bond motifs is 1. The van der Waals surface area contributed by atoms with Gasteiger partial charge in [0, 0.05) is 12.0 Å². The van der Waals surface area contributed by atoms with Crippen LogP contribution >= 0.6 is 12.6 Å². The Morgan fingerprint density at radius 3 is 2.72 bits per heavy atom. The third kappa shape index (κ3) is 2.14. The molecule has 0 saturated heterocycles. The highest BCUT2D eigenvalue weighted by molar-refractivity contribution is 7.80. The van der Waals surface area contributed by atoms with Gasteiger partial charge in [0.1, 0.15) is 5.82 Å². The summed E-state index contributed by atoms with van der Waals surface area (Å²) < 4.78 is 0. The molecule has 0 aliphatic rings. The first-order chi connectivity index (χ1) is 8.86. The molecule has 0 bridgehead atoms. The van der Waals surface area contributed by atoms with Crippen LogP contribution in [0.5, 0.6) is 0 Å². The lowest BCUT2D eigenvalue weighted by molar-refractivity contribution is 1.00. The summed E-state index contributed by atoms with van der Waals surface area (Å²) in [5.41, 5.74) is 2.24. The van der Waals surface area contributed by atoms with Crippen molar-refractivity contribution in [2.45, 2.75) is 6.42 Å². The number of nitrogens with zero attached hydrogens (tertiary/aromatic N) is 1. The molecule has 3 heteroatoms. The van der Waals surface area contributed by atoms with E-state index in [1.165, 1.54) is 16.3 Å². The van der Waals surface area contributed by atoms with Crippen molar-refractivity contribution < 1.29 is 0 Å². The molecule has 0 fully saturated rings. The quantitative estimate of drug-likeness (QED) is 0.685. The minimum atomic E-state index is 0.810. The van der Waals surface area contributed by atoms with E-state index < -0.39 is 0 Å². The largest absolute Gasteiger partial charge is 0.342 e. The van der Waals surface area contributed by atoms with Crippen LogP contribution in [0.2, 0.25) is 0 Å². The summed E-state index contributed by atoms with van der Waals surface area (Å²) >= 11 is 4.22. The molecule has 2 nitrogen and oxygen atoms in total. The highest BCUT2D eigenvalue weighted by atomic mass is 32.1. The maximum atomic E-state index is 4.36. The van der Waals surface area contributed by atoms with Gasteiger partial charge in [-0.05, 0) is 22.6 Å². The molecule has 0 saturated carbocycles. The maximum absolute atomic E-state index is 4.36. The zero-order chi connectivity index (χ0) is 12.4. The Labute approximate surface area is 111 Å². The molecule has 0 amide bonds. The van der Waals surface area contributed by atoms with Gasteiger partial charge in [-0.3, -0.25) is 0 Å². The molecule has 0 aliphatic heterocycles. The van der Waals surface area contributed by atoms with Gasteiger partial charge in [0.25, 0.3) is 0 Å². The van der Waals surface area contributed by atoms with Gasteiger partial charge in [0.15, 0.2) is 0 Å². The number of thiol groups is 1. The molecule has 0 radical (unpaired) electrons. The van der Waals surface area contributed by atoms with Crippen LogP contribution in [0.4, 0.5) is 0 Å². The molecule has 90 valence electrons. The Bertz CT molecular complexity index is 673. The normalized spacial score (nSPS) is 10.9. The van der Waals surface area contributed by atoms with Crippen LogP contribution in [-0.2, 0) is 6.42 Å². The standard InChI is InChI=1S/C15H14N2S/c18-8-7-15-16-10-14(17-15)13-6-5-11-3-1-2-4-12(11)9-13/h1-6,9-10,18H,7-8H2,(H,16,17). The van der Waals surface area contributed by atoms with Crippen LogP contribution in [0.3, 0.4) is 0 Å². The average Bonchev–Trinajstić information content (AvgIpc) is 2.87. The Morgan fingerprint density at radius 1 is 1.06 bits per heavy atom. The fourth-order valence-electron chi connectivity index (χ4n) is 2.10. The van der Waals surface area contributed by atoms with E-state index in [0.29, 0.717) is 0 Å². The molecule has 2 aromatic carbocycles. The maximum Gasteiger partial charge on any atom is 0.107 e. The third-order valence-corrected chi connectivity index (χ3v) is 3.26. The molecule has 1 N–H and O–H groups in total. The Morgan fingerprint density at radius 2 is 1.89 bits per heavy atom. The minimum absolute atomic E-state index is 0.810. The number of hydrogen-bond donors (Lipinski definition) is 2. The number of benzene rings is 2. The molecule has 3 aromatic rings. The zero-order valence-corrected chi connectivity index (χ0v) is 10.8. The number of H-pyrrole nitrogens is 1. The number of rotatable bonds is 3. The van der Waals surface area contributed by atoms with Crippen molar-refractivity contribution in [3.8, 4) is 11.3 Å². The number of hydrogen-bond acceptors (Lipinski definition) is 2. The molecule has 3 rings (SSSR count). The first kappa shape index (κ1) is 11.4. The molecular formula is C15H14N2S. The lowest BCUT2D eigenvalue weighted by atomic mass is 10.1. The number of aromatic amines is 1. The van der Waals surface area contributed by atoms with E-state index in [-0.39, 0.29) is 0 Å². The lowest BCUT2D eigenvalue weighted by Crippen LogP contribution is -1.88. The first-order valence-electron chi connectivity index (χ1n) is 6.01. The molecule has 0 unspecified atom stereocenters. The second-order valence-electron chi connectivity index (χ2n) is 4.28. The third-order valence-electron chi connectivity index (χ3n) is 3.04. The summed E-state index contributed by atoms with van der Waals surface area (Å²) in [5.74, 6) is 1.80. The van der Waals surface area contributed by atoms with Crippen LogP contribution in [0.15, 0.2) is 48.7 Å². The van der Waals surface area contributed by atoms with E-state index in [0.717, 1.165) is 23.7 Å². The number of imidazole rings is 1. The molecular weight excluding hydrogens is 240 g/mol. The van der Waals surface area contributed by atoms with Gasteiger partial charge in [-0.2, -0.15) is 12.6 Å². The Hall–Kier alpha value is -1.74. The average molecular weight is 254 g/mol. The SMILES string of the molecule is SCCc1ncc(-c2ccc3ccccc3c2)[nH]1. The summed E-state index contributed by atoms with van der Waals surface area (Å²) in [6.45, 7) is 0.